The van der Waals surface area contributed by atoms with Crippen LogP contribution in [-0.2, 0) is 0 Å². The number of benzene rings is 3. The minimum atomic E-state index is -0.283. The van der Waals surface area contributed by atoms with Crippen molar-refractivity contribution in [1.29, 1.82) is 0 Å². The van der Waals surface area contributed by atoms with Crippen LogP contribution in [0.3, 0.4) is 0 Å². The average molecular weight is 412 g/mol. The molecule has 4 nitrogen and oxygen atoms in total. The van der Waals surface area contributed by atoms with Crippen LogP contribution in [0.2, 0.25) is 0 Å². The predicted octanol–water partition coefficient (Wildman–Crippen LogP) is 5.95. The number of H-pyrrole nitrogens is 1. The van der Waals surface area contributed by atoms with Gasteiger partial charge < -0.3 is 4.98 Å². The van der Waals surface area contributed by atoms with Crippen LogP contribution in [0.1, 0.15) is 5.69 Å². The minimum absolute atomic E-state index is 0.283. The van der Waals surface area contributed by atoms with Crippen molar-refractivity contribution >= 4 is 34.0 Å². The van der Waals surface area contributed by atoms with Crippen LogP contribution in [0.25, 0.3) is 22.0 Å². The quantitative estimate of drug-likeness (QED) is 0.355. The maximum atomic E-state index is 13.3. The fraction of sp³-hybridized carbons (Fsp3) is 0. The summed E-state index contributed by atoms with van der Waals surface area (Å²) in [6, 6.07) is 24.5. The molecule has 1 N–H and O–H groups in total. The van der Waals surface area contributed by atoms with Crippen LogP contribution >= 0.6 is 11.3 Å². The lowest BCUT2D eigenvalue weighted by atomic mass is 10.0. The Morgan fingerprint density at radius 2 is 1.73 bits per heavy atom. The third-order valence-corrected chi connectivity index (χ3v) is 5.55. The van der Waals surface area contributed by atoms with E-state index in [1.165, 1.54) is 23.5 Å². The lowest BCUT2D eigenvalue weighted by molar-refractivity contribution is 0.628. The molecular weight excluding hydrogens is 395 g/mol. The standard InChI is InChI=1S/C24H17FN4S/c25-18-10-12-19(13-11-18)28-24-29(27-15-20-7-4-14-26-20)23(16-30-24)22-9-3-6-17-5-1-2-8-21(17)22/h1-16,26H. The molecule has 0 radical (unpaired) electrons. The van der Waals surface area contributed by atoms with Crippen LogP contribution in [0.5, 0.6) is 0 Å². The molecule has 0 bridgehead atoms. The van der Waals surface area contributed by atoms with E-state index in [9.17, 15) is 4.39 Å². The van der Waals surface area contributed by atoms with Gasteiger partial charge in [-0.15, -0.1) is 11.3 Å². The second kappa shape index (κ2) is 7.93. The first-order valence-electron chi connectivity index (χ1n) is 9.45. The number of halogens is 1. The number of rotatable bonds is 4. The number of hydrogen-bond donors (Lipinski definition) is 1. The van der Waals surface area contributed by atoms with Gasteiger partial charge in [-0.25, -0.2) is 14.1 Å². The molecular formula is C24H17FN4S. The zero-order valence-electron chi connectivity index (χ0n) is 15.9. The van der Waals surface area contributed by atoms with Crippen LogP contribution in [0.4, 0.5) is 10.1 Å². The van der Waals surface area contributed by atoms with Crippen molar-refractivity contribution in [2.24, 2.45) is 10.1 Å². The maximum absolute atomic E-state index is 13.3. The zero-order valence-corrected chi connectivity index (χ0v) is 16.7. The predicted molar refractivity (Wildman–Crippen MR) is 121 cm³/mol. The highest BCUT2D eigenvalue weighted by Gasteiger charge is 2.11. The summed E-state index contributed by atoms with van der Waals surface area (Å²) in [7, 11) is 0. The van der Waals surface area contributed by atoms with E-state index in [4.69, 9.17) is 10.1 Å². The molecule has 0 unspecified atom stereocenters. The molecule has 0 saturated heterocycles. The summed E-state index contributed by atoms with van der Waals surface area (Å²) in [5.41, 5.74) is 3.59. The molecule has 0 aliphatic heterocycles. The number of nitrogens with zero attached hydrogens (tertiary/aromatic N) is 3. The lowest BCUT2D eigenvalue weighted by Crippen LogP contribution is -2.11. The number of aromatic nitrogens is 2. The van der Waals surface area contributed by atoms with Crippen molar-refractivity contribution in [1.82, 2.24) is 9.66 Å². The summed E-state index contributed by atoms with van der Waals surface area (Å²) in [5.74, 6) is -0.283. The first-order chi connectivity index (χ1) is 14.8. The van der Waals surface area contributed by atoms with Gasteiger partial charge in [0.15, 0.2) is 0 Å². The third-order valence-electron chi connectivity index (χ3n) is 4.74. The molecule has 2 heterocycles. The van der Waals surface area contributed by atoms with Crippen molar-refractivity contribution < 1.29 is 4.39 Å². The fourth-order valence-electron chi connectivity index (χ4n) is 3.29. The van der Waals surface area contributed by atoms with Gasteiger partial charge in [-0.2, -0.15) is 5.10 Å². The van der Waals surface area contributed by atoms with Crippen molar-refractivity contribution in [2.75, 3.05) is 0 Å². The molecule has 6 heteroatoms. The van der Waals surface area contributed by atoms with E-state index >= 15 is 0 Å². The Bertz CT molecular complexity index is 1390. The van der Waals surface area contributed by atoms with Gasteiger partial charge in [-0.1, -0.05) is 42.5 Å². The number of aromatic amines is 1. The highest BCUT2D eigenvalue weighted by molar-refractivity contribution is 7.07. The van der Waals surface area contributed by atoms with Gasteiger partial charge in [0.2, 0.25) is 4.80 Å². The van der Waals surface area contributed by atoms with E-state index in [1.807, 2.05) is 41.2 Å². The molecule has 0 saturated carbocycles. The number of nitrogens with one attached hydrogen (secondary N) is 1. The molecule has 0 fully saturated rings. The first kappa shape index (κ1) is 18.3. The number of fused-ring (bicyclic) bond motifs is 1. The topological polar surface area (TPSA) is 45.4 Å². The average Bonchev–Trinajstić information content (AvgIpc) is 3.43. The Morgan fingerprint density at radius 1 is 0.900 bits per heavy atom. The number of hydrogen-bond acceptors (Lipinski definition) is 3. The summed E-state index contributed by atoms with van der Waals surface area (Å²) >= 11 is 1.49. The lowest BCUT2D eigenvalue weighted by Gasteiger charge is -2.07. The minimum Gasteiger partial charge on any atom is -0.360 e. The molecule has 146 valence electrons. The Morgan fingerprint density at radius 3 is 2.57 bits per heavy atom. The largest absolute Gasteiger partial charge is 0.360 e. The molecule has 3 aromatic carbocycles. The van der Waals surface area contributed by atoms with Gasteiger partial charge >= 0.3 is 0 Å². The van der Waals surface area contributed by atoms with Crippen molar-refractivity contribution in [3.05, 3.63) is 107 Å². The van der Waals surface area contributed by atoms with E-state index in [1.54, 1.807) is 18.3 Å². The smallest absolute Gasteiger partial charge is 0.211 e. The van der Waals surface area contributed by atoms with Crippen molar-refractivity contribution in [2.45, 2.75) is 0 Å². The summed E-state index contributed by atoms with van der Waals surface area (Å²) in [5, 5.41) is 9.07. The van der Waals surface area contributed by atoms with E-state index in [0.717, 1.165) is 27.7 Å². The molecule has 0 atom stereocenters. The summed E-state index contributed by atoms with van der Waals surface area (Å²) in [6.45, 7) is 0. The van der Waals surface area contributed by atoms with E-state index < -0.39 is 0 Å². The van der Waals surface area contributed by atoms with Gasteiger partial charge in [0.05, 0.1) is 23.3 Å². The third kappa shape index (κ3) is 3.60. The summed E-state index contributed by atoms with van der Waals surface area (Å²) in [6.07, 6.45) is 3.63. The van der Waals surface area contributed by atoms with Gasteiger partial charge in [-0.05, 0) is 47.2 Å². The van der Waals surface area contributed by atoms with E-state index in [2.05, 4.69) is 34.6 Å². The number of thiazole rings is 1. The van der Waals surface area contributed by atoms with Gasteiger partial charge in [0, 0.05) is 17.1 Å². The second-order valence-electron chi connectivity index (χ2n) is 6.70. The van der Waals surface area contributed by atoms with Gasteiger partial charge in [0.25, 0.3) is 0 Å². The molecule has 30 heavy (non-hydrogen) atoms. The molecule has 5 rings (SSSR count). The van der Waals surface area contributed by atoms with Crippen LogP contribution in [0.15, 0.2) is 101 Å². The molecule has 0 aliphatic rings. The fourth-order valence-corrected chi connectivity index (χ4v) is 4.14. The van der Waals surface area contributed by atoms with E-state index in [-0.39, 0.29) is 5.82 Å². The van der Waals surface area contributed by atoms with Gasteiger partial charge in [0.1, 0.15) is 5.82 Å². The maximum Gasteiger partial charge on any atom is 0.211 e. The highest BCUT2D eigenvalue weighted by atomic mass is 32.1. The molecule has 0 amide bonds. The Hall–Kier alpha value is -3.77. The monoisotopic (exact) mass is 412 g/mol. The zero-order chi connectivity index (χ0) is 20.3. The highest BCUT2D eigenvalue weighted by Crippen LogP contribution is 2.29. The molecule has 2 aromatic heterocycles. The second-order valence-corrected chi connectivity index (χ2v) is 7.54. The Labute approximate surface area is 176 Å². The van der Waals surface area contributed by atoms with Crippen LogP contribution in [-0.4, -0.2) is 15.9 Å². The summed E-state index contributed by atoms with van der Waals surface area (Å²) in [4.78, 5) is 8.53. The molecule has 0 aliphatic carbocycles. The van der Waals surface area contributed by atoms with Gasteiger partial charge in [-0.3, -0.25) is 0 Å². The molecule has 0 spiro atoms. The Kier molecular flexibility index (Phi) is 4.83. The first-order valence-corrected chi connectivity index (χ1v) is 10.3. The van der Waals surface area contributed by atoms with Crippen LogP contribution < -0.4 is 4.80 Å². The van der Waals surface area contributed by atoms with Crippen LogP contribution in [0, 0.1) is 5.82 Å². The summed E-state index contributed by atoms with van der Waals surface area (Å²) < 4.78 is 15.1. The molecule has 5 aromatic rings. The van der Waals surface area contributed by atoms with Crippen molar-refractivity contribution in [3.8, 4) is 11.3 Å². The SMILES string of the molecule is Fc1ccc(N=c2scc(-c3cccc4ccccc34)n2N=Cc2ccc[nH]2)cc1. The Balaban J connectivity index is 1.71. The normalized spacial score (nSPS) is 12.2. The van der Waals surface area contributed by atoms with Crippen molar-refractivity contribution in [3.63, 3.8) is 0 Å². The van der Waals surface area contributed by atoms with E-state index in [0.29, 0.717) is 10.5 Å².